The second kappa shape index (κ2) is 5.89. The van der Waals surface area contributed by atoms with Gasteiger partial charge >= 0.3 is 0 Å². The molecule has 1 rings (SSSR count). The van der Waals surface area contributed by atoms with E-state index in [0.29, 0.717) is 17.6 Å². The van der Waals surface area contributed by atoms with Crippen molar-refractivity contribution in [3.05, 3.63) is 0 Å². The van der Waals surface area contributed by atoms with Crippen molar-refractivity contribution >= 4 is 0 Å². The van der Waals surface area contributed by atoms with Gasteiger partial charge in [-0.1, -0.05) is 13.8 Å². The highest BCUT2D eigenvalue weighted by atomic mass is 16.5. The van der Waals surface area contributed by atoms with Crippen molar-refractivity contribution < 1.29 is 4.74 Å². The van der Waals surface area contributed by atoms with E-state index in [4.69, 9.17) is 4.74 Å². The van der Waals surface area contributed by atoms with Crippen LogP contribution in [0.3, 0.4) is 0 Å². The summed E-state index contributed by atoms with van der Waals surface area (Å²) < 4.78 is 5.79. The smallest absolute Gasteiger partial charge is 0.0678 e. The molecule has 0 bridgehead atoms. The maximum atomic E-state index is 5.79. The van der Waals surface area contributed by atoms with Crippen molar-refractivity contribution in [2.24, 2.45) is 5.41 Å². The highest BCUT2D eigenvalue weighted by Crippen LogP contribution is 2.20. The molecule has 2 unspecified atom stereocenters. The lowest BCUT2D eigenvalue weighted by Crippen LogP contribution is -2.51. The minimum absolute atomic E-state index is 0.197. The van der Waals surface area contributed by atoms with Crippen LogP contribution in [-0.2, 0) is 4.74 Å². The van der Waals surface area contributed by atoms with Crippen LogP contribution in [0.2, 0.25) is 0 Å². The lowest BCUT2D eigenvalue weighted by Gasteiger charge is -2.40. The minimum atomic E-state index is 0.197. The van der Waals surface area contributed by atoms with E-state index in [0.717, 1.165) is 26.2 Å². The molecule has 18 heavy (non-hydrogen) atoms. The molecule has 0 spiro atoms. The summed E-state index contributed by atoms with van der Waals surface area (Å²) in [5.41, 5.74) is 0.493. The maximum Gasteiger partial charge on any atom is 0.0678 e. The third-order valence-corrected chi connectivity index (χ3v) is 3.24. The molecule has 3 nitrogen and oxygen atoms in total. The number of nitrogens with zero attached hydrogens (tertiary/aromatic N) is 1. The second-order valence-corrected chi connectivity index (χ2v) is 7.72. The van der Waals surface area contributed by atoms with Gasteiger partial charge in [0, 0.05) is 31.7 Å². The van der Waals surface area contributed by atoms with Gasteiger partial charge in [-0.05, 0) is 40.0 Å². The summed E-state index contributed by atoms with van der Waals surface area (Å²) in [6.07, 6.45) is 0.722. The Morgan fingerprint density at radius 2 is 1.56 bits per heavy atom. The fourth-order valence-corrected chi connectivity index (χ4v) is 2.58. The van der Waals surface area contributed by atoms with Gasteiger partial charge in [0.2, 0.25) is 0 Å². The van der Waals surface area contributed by atoms with Crippen LogP contribution in [-0.4, -0.2) is 48.8 Å². The van der Waals surface area contributed by atoms with Crippen LogP contribution in [0.5, 0.6) is 0 Å². The van der Waals surface area contributed by atoms with E-state index in [1.54, 1.807) is 0 Å². The average molecular weight is 256 g/mol. The van der Waals surface area contributed by atoms with Crippen LogP contribution >= 0.6 is 0 Å². The van der Waals surface area contributed by atoms with Gasteiger partial charge in [-0.15, -0.1) is 0 Å². The molecule has 1 saturated heterocycles. The maximum absolute atomic E-state index is 5.79. The summed E-state index contributed by atoms with van der Waals surface area (Å²) in [4.78, 5) is 2.54. The Balaban J connectivity index is 2.44. The Morgan fingerprint density at radius 3 is 2.00 bits per heavy atom. The summed E-state index contributed by atoms with van der Waals surface area (Å²) >= 11 is 0. The topological polar surface area (TPSA) is 24.5 Å². The molecule has 1 heterocycles. The molecule has 0 aromatic carbocycles. The minimum Gasteiger partial charge on any atom is -0.373 e. The van der Waals surface area contributed by atoms with Crippen LogP contribution in [0.1, 0.15) is 48.5 Å². The third kappa shape index (κ3) is 6.17. The Hall–Kier alpha value is -0.120. The predicted molar refractivity (Wildman–Crippen MR) is 78.0 cm³/mol. The Kier molecular flexibility index (Phi) is 5.22. The van der Waals surface area contributed by atoms with Gasteiger partial charge < -0.3 is 10.1 Å². The zero-order valence-electron chi connectivity index (χ0n) is 13.3. The Bertz CT molecular complexity index is 248. The van der Waals surface area contributed by atoms with E-state index < -0.39 is 0 Å². The first-order valence-electron chi connectivity index (χ1n) is 7.20. The SMILES string of the molecule is CC1CN(CC(C)(C)CNC(C)(C)C)CC(C)O1. The monoisotopic (exact) mass is 256 g/mol. The fourth-order valence-electron chi connectivity index (χ4n) is 2.58. The van der Waals surface area contributed by atoms with Gasteiger partial charge in [0.25, 0.3) is 0 Å². The van der Waals surface area contributed by atoms with E-state index in [2.05, 4.69) is 58.7 Å². The summed E-state index contributed by atoms with van der Waals surface area (Å²) in [7, 11) is 0. The molecule has 1 aliphatic rings. The Labute approximate surface area is 113 Å². The van der Waals surface area contributed by atoms with E-state index in [1.165, 1.54) is 0 Å². The molecule has 108 valence electrons. The van der Waals surface area contributed by atoms with E-state index in [-0.39, 0.29) is 5.54 Å². The molecular formula is C15H32N2O. The normalized spacial score (nSPS) is 27.5. The van der Waals surface area contributed by atoms with Gasteiger partial charge in [-0.25, -0.2) is 0 Å². The number of hydrogen-bond donors (Lipinski definition) is 1. The molecule has 0 aromatic rings. The van der Waals surface area contributed by atoms with E-state index in [1.807, 2.05) is 0 Å². The molecular weight excluding hydrogens is 224 g/mol. The average Bonchev–Trinajstić information content (AvgIpc) is 2.11. The van der Waals surface area contributed by atoms with Crippen LogP contribution in [0.25, 0.3) is 0 Å². The zero-order chi connectivity index (χ0) is 14.0. The van der Waals surface area contributed by atoms with Crippen LogP contribution < -0.4 is 5.32 Å². The molecule has 1 aliphatic heterocycles. The summed E-state index contributed by atoms with van der Waals surface area (Å²) in [6.45, 7) is 20.0. The summed E-state index contributed by atoms with van der Waals surface area (Å²) in [5, 5.41) is 3.62. The van der Waals surface area contributed by atoms with Gasteiger partial charge in [0.15, 0.2) is 0 Å². The van der Waals surface area contributed by atoms with Crippen molar-refractivity contribution in [1.82, 2.24) is 10.2 Å². The highest BCUT2D eigenvalue weighted by molar-refractivity contribution is 4.83. The molecule has 2 atom stereocenters. The molecule has 0 saturated carbocycles. The second-order valence-electron chi connectivity index (χ2n) is 7.72. The van der Waals surface area contributed by atoms with Gasteiger partial charge in [0.05, 0.1) is 12.2 Å². The van der Waals surface area contributed by atoms with Crippen LogP contribution in [0.4, 0.5) is 0 Å². The number of morpholine rings is 1. The number of rotatable bonds is 4. The van der Waals surface area contributed by atoms with Gasteiger partial charge in [-0.3, -0.25) is 4.90 Å². The quantitative estimate of drug-likeness (QED) is 0.836. The van der Waals surface area contributed by atoms with Crippen LogP contribution in [0, 0.1) is 5.41 Å². The molecule has 0 aromatic heterocycles. The Morgan fingerprint density at radius 1 is 1.06 bits per heavy atom. The molecule has 3 heteroatoms. The molecule has 0 amide bonds. The zero-order valence-corrected chi connectivity index (χ0v) is 13.3. The molecule has 1 fully saturated rings. The fraction of sp³-hybridized carbons (Fsp3) is 1.00. The van der Waals surface area contributed by atoms with Gasteiger partial charge in [-0.2, -0.15) is 0 Å². The lowest BCUT2D eigenvalue weighted by molar-refractivity contribution is -0.0757. The summed E-state index contributed by atoms with van der Waals surface area (Å²) in [5.74, 6) is 0. The summed E-state index contributed by atoms with van der Waals surface area (Å²) in [6, 6.07) is 0. The first-order chi connectivity index (χ1) is 8.07. The number of ether oxygens (including phenoxy) is 1. The highest BCUT2D eigenvalue weighted by Gasteiger charge is 2.28. The van der Waals surface area contributed by atoms with Gasteiger partial charge in [0.1, 0.15) is 0 Å². The first kappa shape index (κ1) is 15.9. The lowest BCUT2D eigenvalue weighted by atomic mass is 9.91. The van der Waals surface area contributed by atoms with Crippen molar-refractivity contribution in [2.45, 2.75) is 66.2 Å². The standard InChI is InChI=1S/C15H32N2O/c1-12-8-17(9-13(2)18-12)11-15(6,7)10-16-14(3,4)5/h12-13,16H,8-11H2,1-7H3. The third-order valence-electron chi connectivity index (χ3n) is 3.24. The molecule has 0 radical (unpaired) electrons. The molecule has 1 N–H and O–H groups in total. The predicted octanol–water partition coefficient (Wildman–Crippen LogP) is 2.51. The molecule has 0 aliphatic carbocycles. The van der Waals surface area contributed by atoms with Crippen molar-refractivity contribution in [3.63, 3.8) is 0 Å². The number of hydrogen-bond acceptors (Lipinski definition) is 3. The first-order valence-corrected chi connectivity index (χ1v) is 7.20. The van der Waals surface area contributed by atoms with E-state index >= 15 is 0 Å². The largest absolute Gasteiger partial charge is 0.373 e. The van der Waals surface area contributed by atoms with Crippen LogP contribution in [0.15, 0.2) is 0 Å². The van der Waals surface area contributed by atoms with Crippen molar-refractivity contribution in [1.29, 1.82) is 0 Å². The van der Waals surface area contributed by atoms with E-state index in [9.17, 15) is 0 Å². The van der Waals surface area contributed by atoms with Crippen molar-refractivity contribution in [3.8, 4) is 0 Å². The number of nitrogens with one attached hydrogen (secondary N) is 1. The van der Waals surface area contributed by atoms with Crippen molar-refractivity contribution in [2.75, 3.05) is 26.2 Å².